The van der Waals surface area contributed by atoms with E-state index in [-0.39, 0.29) is 0 Å². The molecular weight excluding hydrogens is 156 g/mol. The zero-order chi connectivity index (χ0) is 8.27. The van der Waals surface area contributed by atoms with Crippen LogP contribution < -0.4 is 0 Å². The summed E-state index contributed by atoms with van der Waals surface area (Å²) in [6, 6.07) is 0. The lowest BCUT2D eigenvalue weighted by Crippen LogP contribution is -2.12. The normalized spacial score (nSPS) is 30.5. The van der Waals surface area contributed by atoms with Crippen LogP contribution in [0.1, 0.15) is 33.1 Å². The van der Waals surface area contributed by atoms with E-state index in [1.54, 1.807) is 0 Å². The van der Waals surface area contributed by atoms with Crippen molar-refractivity contribution in [3.05, 3.63) is 11.6 Å². The Bertz CT molecular complexity index is 184. The van der Waals surface area contributed by atoms with Gasteiger partial charge in [0.1, 0.15) is 0 Å². The van der Waals surface area contributed by atoms with Crippen LogP contribution in [0.4, 0.5) is 0 Å². The van der Waals surface area contributed by atoms with Gasteiger partial charge in [-0.1, -0.05) is 31.9 Å². The summed E-state index contributed by atoms with van der Waals surface area (Å²) in [4.78, 5) is 0. The summed E-state index contributed by atoms with van der Waals surface area (Å²) in [5, 5.41) is 0.394. The Labute approximate surface area is 71.3 Å². The van der Waals surface area contributed by atoms with Crippen molar-refractivity contribution in [2.75, 3.05) is 5.75 Å². The molecule has 1 heterocycles. The standard InChI is InChI=1S/C9H16OS/c1-3-5-9-8(4-2)6-7-11(9)10/h6,9H,3-5,7H2,1-2H3. The second-order valence-corrected chi connectivity index (χ2v) is 4.62. The Morgan fingerprint density at radius 2 is 2.36 bits per heavy atom. The van der Waals surface area contributed by atoms with E-state index in [9.17, 15) is 4.21 Å². The molecule has 1 rings (SSSR count). The van der Waals surface area contributed by atoms with E-state index in [0.717, 1.165) is 25.0 Å². The minimum atomic E-state index is -0.583. The molecule has 2 unspecified atom stereocenters. The topological polar surface area (TPSA) is 17.1 Å². The summed E-state index contributed by atoms with van der Waals surface area (Å²) in [6.07, 6.45) is 5.49. The third-order valence-electron chi connectivity index (χ3n) is 2.20. The second kappa shape index (κ2) is 4.05. The lowest BCUT2D eigenvalue weighted by molar-refractivity contribution is 0.670. The molecule has 11 heavy (non-hydrogen) atoms. The van der Waals surface area contributed by atoms with Crippen LogP contribution in [-0.2, 0) is 10.8 Å². The Kier molecular flexibility index (Phi) is 3.31. The molecule has 0 N–H and O–H groups in total. The fourth-order valence-corrected chi connectivity index (χ4v) is 3.27. The fourth-order valence-electron chi connectivity index (χ4n) is 1.56. The molecule has 1 aliphatic heterocycles. The van der Waals surface area contributed by atoms with Crippen molar-refractivity contribution in [3.63, 3.8) is 0 Å². The van der Waals surface area contributed by atoms with Crippen molar-refractivity contribution in [1.29, 1.82) is 0 Å². The van der Waals surface area contributed by atoms with Gasteiger partial charge < -0.3 is 0 Å². The second-order valence-electron chi connectivity index (χ2n) is 2.96. The van der Waals surface area contributed by atoms with Crippen molar-refractivity contribution in [2.24, 2.45) is 0 Å². The molecule has 0 amide bonds. The molecule has 0 saturated heterocycles. The largest absolute Gasteiger partial charge is 0.259 e. The van der Waals surface area contributed by atoms with Crippen molar-refractivity contribution < 1.29 is 4.21 Å². The van der Waals surface area contributed by atoms with Gasteiger partial charge in [0, 0.05) is 16.6 Å². The van der Waals surface area contributed by atoms with Gasteiger partial charge in [-0.15, -0.1) is 0 Å². The first-order chi connectivity index (χ1) is 5.29. The molecule has 64 valence electrons. The minimum Gasteiger partial charge on any atom is -0.259 e. The number of hydrogen-bond acceptors (Lipinski definition) is 1. The van der Waals surface area contributed by atoms with Gasteiger partial charge in [0.2, 0.25) is 0 Å². The summed E-state index contributed by atoms with van der Waals surface area (Å²) < 4.78 is 11.4. The van der Waals surface area contributed by atoms with Crippen LogP contribution in [0.15, 0.2) is 11.6 Å². The molecule has 0 radical (unpaired) electrons. The smallest absolute Gasteiger partial charge is 0.0560 e. The highest BCUT2D eigenvalue weighted by atomic mass is 32.2. The maximum Gasteiger partial charge on any atom is 0.0560 e. The van der Waals surface area contributed by atoms with Crippen LogP contribution in [0.5, 0.6) is 0 Å². The van der Waals surface area contributed by atoms with E-state index in [1.807, 2.05) is 0 Å². The Hall–Kier alpha value is -0.110. The highest BCUT2D eigenvalue weighted by molar-refractivity contribution is 7.86. The zero-order valence-corrected chi connectivity index (χ0v) is 8.12. The first-order valence-electron chi connectivity index (χ1n) is 4.35. The average molecular weight is 172 g/mol. The molecule has 0 bridgehead atoms. The fraction of sp³-hybridized carbons (Fsp3) is 0.778. The van der Waals surface area contributed by atoms with E-state index in [1.165, 1.54) is 5.57 Å². The van der Waals surface area contributed by atoms with Gasteiger partial charge in [-0.25, -0.2) is 0 Å². The van der Waals surface area contributed by atoms with Crippen LogP contribution in [0.3, 0.4) is 0 Å². The Morgan fingerprint density at radius 1 is 1.64 bits per heavy atom. The SMILES string of the molecule is CCCC1C(CC)=CCS1=O. The van der Waals surface area contributed by atoms with E-state index in [0.29, 0.717) is 5.25 Å². The Balaban J connectivity index is 2.58. The first kappa shape index (κ1) is 8.98. The molecular formula is C9H16OS. The van der Waals surface area contributed by atoms with E-state index < -0.39 is 10.8 Å². The van der Waals surface area contributed by atoms with Gasteiger partial charge in [-0.3, -0.25) is 4.21 Å². The maximum atomic E-state index is 11.4. The van der Waals surface area contributed by atoms with Crippen molar-refractivity contribution >= 4 is 10.8 Å². The van der Waals surface area contributed by atoms with Crippen LogP contribution in [0.2, 0.25) is 0 Å². The van der Waals surface area contributed by atoms with Gasteiger partial charge in [0.15, 0.2) is 0 Å². The molecule has 0 aromatic heterocycles. The molecule has 0 spiro atoms. The van der Waals surface area contributed by atoms with Crippen LogP contribution in [0, 0.1) is 0 Å². The van der Waals surface area contributed by atoms with Crippen LogP contribution in [-0.4, -0.2) is 15.2 Å². The van der Waals surface area contributed by atoms with Crippen molar-refractivity contribution in [1.82, 2.24) is 0 Å². The van der Waals surface area contributed by atoms with Gasteiger partial charge in [0.25, 0.3) is 0 Å². The van der Waals surface area contributed by atoms with E-state index in [4.69, 9.17) is 0 Å². The van der Waals surface area contributed by atoms with Crippen molar-refractivity contribution in [2.45, 2.75) is 38.4 Å². The molecule has 0 aromatic rings. The van der Waals surface area contributed by atoms with Crippen LogP contribution >= 0.6 is 0 Å². The molecule has 0 fully saturated rings. The highest BCUT2D eigenvalue weighted by Gasteiger charge is 2.23. The lowest BCUT2D eigenvalue weighted by Gasteiger charge is -2.10. The van der Waals surface area contributed by atoms with Gasteiger partial charge >= 0.3 is 0 Å². The highest BCUT2D eigenvalue weighted by Crippen LogP contribution is 2.24. The third-order valence-corrected chi connectivity index (χ3v) is 3.87. The van der Waals surface area contributed by atoms with Gasteiger partial charge in [0.05, 0.1) is 5.25 Å². The monoisotopic (exact) mass is 172 g/mol. The summed E-state index contributed by atoms with van der Waals surface area (Å²) in [5.41, 5.74) is 1.42. The van der Waals surface area contributed by atoms with E-state index >= 15 is 0 Å². The molecule has 1 aliphatic rings. The summed E-state index contributed by atoms with van der Waals surface area (Å²) in [5.74, 6) is 0.799. The predicted molar refractivity (Wildman–Crippen MR) is 50.1 cm³/mol. The van der Waals surface area contributed by atoms with Gasteiger partial charge in [-0.05, 0) is 12.8 Å². The Morgan fingerprint density at radius 3 is 2.91 bits per heavy atom. The van der Waals surface area contributed by atoms with Gasteiger partial charge in [-0.2, -0.15) is 0 Å². The molecule has 2 atom stereocenters. The zero-order valence-electron chi connectivity index (χ0n) is 7.30. The number of hydrogen-bond donors (Lipinski definition) is 0. The molecule has 0 aliphatic carbocycles. The first-order valence-corrected chi connectivity index (χ1v) is 5.73. The molecule has 2 heteroatoms. The predicted octanol–water partition coefficient (Wildman–Crippen LogP) is 2.25. The minimum absolute atomic E-state index is 0.394. The molecule has 1 nitrogen and oxygen atoms in total. The quantitative estimate of drug-likeness (QED) is 0.597. The lowest BCUT2D eigenvalue weighted by atomic mass is 10.1. The summed E-state index contributed by atoms with van der Waals surface area (Å²) in [6.45, 7) is 4.31. The maximum absolute atomic E-state index is 11.4. The van der Waals surface area contributed by atoms with Crippen molar-refractivity contribution in [3.8, 4) is 0 Å². The summed E-state index contributed by atoms with van der Waals surface area (Å²) >= 11 is 0. The molecule has 0 saturated carbocycles. The van der Waals surface area contributed by atoms with E-state index in [2.05, 4.69) is 19.9 Å². The summed E-state index contributed by atoms with van der Waals surface area (Å²) in [7, 11) is -0.583. The average Bonchev–Trinajstić information content (AvgIpc) is 2.34. The molecule has 0 aromatic carbocycles. The van der Waals surface area contributed by atoms with Crippen LogP contribution in [0.25, 0.3) is 0 Å². The third kappa shape index (κ3) is 1.92. The number of rotatable bonds is 3.